The highest BCUT2D eigenvalue weighted by Crippen LogP contribution is 2.58. The number of hydrogen-bond acceptors (Lipinski definition) is 3. The maximum atomic E-state index is 7.12. The Morgan fingerprint density at radius 3 is 1.28 bits per heavy atom. The standard InChI is InChI=1S/C45H72O3P2/c1-41(2,3)31-25-35-36-26-32(42(4,5)6)28-38(44(10,11)12)40(36)48-50(47-39(35)37(27-31)43(7,8)9)46-29-45(13,14)30-49(33-21-17-15-18-22-33)34-23-19-16-20-24-34/h25-28,33-34H,15-24,29-30H2,1-14H3. The Balaban J connectivity index is 1.69. The molecule has 5 heteroatoms. The van der Waals surface area contributed by atoms with Crippen molar-refractivity contribution in [1.29, 1.82) is 0 Å². The quantitative estimate of drug-likeness (QED) is 0.228. The molecule has 1 heterocycles. The Kier molecular flexibility index (Phi) is 11.9. The summed E-state index contributed by atoms with van der Waals surface area (Å²) in [5, 5.41) is 2.28. The molecule has 50 heavy (non-hydrogen) atoms. The second kappa shape index (κ2) is 14.9. The summed E-state index contributed by atoms with van der Waals surface area (Å²) in [6, 6.07) is 9.55. The van der Waals surface area contributed by atoms with Crippen LogP contribution in [0.1, 0.15) is 183 Å². The average molecular weight is 723 g/mol. The van der Waals surface area contributed by atoms with Gasteiger partial charge in [0.05, 0.1) is 6.61 Å². The van der Waals surface area contributed by atoms with E-state index >= 15 is 0 Å². The molecule has 0 atom stereocenters. The third-order valence-electron chi connectivity index (χ3n) is 11.4. The topological polar surface area (TPSA) is 35.5 Å². The van der Waals surface area contributed by atoms with E-state index in [2.05, 4.69) is 121 Å². The minimum absolute atomic E-state index is 0.0167. The zero-order chi connectivity index (χ0) is 36.9. The summed E-state index contributed by atoms with van der Waals surface area (Å²) >= 11 is 0. The van der Waals surface area contributed by atoms with Crippen LogP contribution in [0.2, 0.25) is 0 Å². The van der Waals surface area contributed by atoms with Crippen LogP contribution in [-0.4, -0.2) is 24.1 Å². The highest BCUT2D eigenvalue weighted by atomic mass is 31.1. The second-order valence-corrected chi connectivity index (χ2v) is 24.8. The predicted octanol–water partition coefficient (Wildman–Crippen LogP) is 15.1. The smallest absolute Gasteiger partial charge is 0.387 e. The van der Waals surface area contributed by atoms with Crippen molar-refractivity contribution in [3.63, 3.8) is 0 Å². The summed E-state index contributed by atoms with van der Waals surface area (Å²) in [5.74, 6) is 0. The van der Waals surface area contributed by atoms with Gasteiger partial charge in [0.25, 0.3) is 0 Å². The molecule has 0 amide bonds. The van der Waals surface area contributed by atoms with E-state index in [9.17, 15) is 0 Å². The van der Waals surface area contributed by atoms with Crippen LogP contribution in [-0.2, 0) is 21.7 Å². The number of benzene rings is 2. The van der Waals surface area contributed by atoms with Crippen LogP contribution >= 0.6 is 16.2 Å². The first-order valence-electron chi connectivity index (χ1n) is 20.0. The third-order valence-corrected chi connectivity index (χ3v) is 16.5. The summed E-state index contributed by atoms with van der Waals surface area (Å²) in [5.41, 5.74) is 8.61. The van der Waals surface area contributed by atoms with Gasteiger partial charge in [0, 0.05) is 21.9 Å². The fourth-order valence-corrected chi connectivity index (χ4v) is 13.7. The van der Waals surface area contributed by atoms with E-state index in [1.54, 1.807) is 0 Å². The Hall–Kier alpha value is -1.27. The molecule has 280 valence electrons. The van der Waals surface area contributed by atoms with Gasteiger partial charge in [-0.2, -0.15) is 0 Å². The van der Waals surface area contributed by atoms with Gasteiger partial charge in [0.2, 0.25) is 0 Å². The molecule has 3 nitrogen and oxygen atoms in total. The largest absolute Gasteiger partial charge is 0.399 e. The lowest BCUT2D eigenvalue weighted by Gasteiger charge is -2.42. The molecule has 2 aliphatic carbocycles. The van der Waals surface area contributed by atoms with Crippen LogP contribution in [0.3, 0.4) is 0 Å². The maximum Gasteiger partial charge on any atom is 0.387 e. The molecule has 1 aromatic heterocycles. The highest BCUT2D eigenvalue weighted by Gasteiger charge is 2.36. The zero-order valence-corrected chi connectivity index (χ0v) is 36.4. The van der Waals surface area contributed by atoms with Crippen molar-refractivity contribution in [1.82, 2.24) is 0 Å². The van der Waals surface area contributed by atoms with Crippen molar-refractivity contribution < 1.29 is 12.9 Å². The van der Waals surface area contributed by atoms with Crippen LogP contribution in [0.15, 0.2) is 32.7 Å². The lowest BCUT2D eigenvalue weighted by molar-refractivity contribution is 0.240. The van der Waals surface area contributed by atoms with Crippen molar-refractivity contribution in [3.05, 3.63) is 46.5 Å². The van der Waals surface area contributed by atoms with E-state index in [0.717, 1.165) is 33.3 Å². The van der Waals surface area contributed by atoms with Gasteiger partial charge >= 0.3 is 8.24 Å². The molecule has 0 aliphatic heterocycles. The maximum absolute atomic E-state index is 7.12. The molecule has 2 aliphatic rings. The van der Waals surface area contributed by atoms with Crippen molar-refractivity contribution in [3.8, 4) is 0 Å². The molecular weight excluding hydrogens is 650 g/mol. The van der Waals surface area contributed by atoms with Crippen molar-refractivity contribution in [2.24, 2.45) is 5.41 Å². The molecule has 0 saturated heterocycles. The molecule has 0 unspecified atom stereocenters. The number of hydrogen-bond donors (Lipinski definition) is 0. The van der Waals surface area contributed by atoms with E-state index in [4.69, 9.17) is 12.9 Å². The average Bonchev–Trinajstić information content (AvgIpc) is 3.17. The van der Waals surface area contributed by atoms with Gasteiger partial charge in [0.15, 0.2) is 0 Å². The van der Waals surface area contributed by atoms with Crippen LogP contribution in [0.25, 0.3) is 21.9 Å². The van der Waals surface area contributed by atoms with Crippen molar-refractivity contribution in [2.75, 3.05) is 12.8 Å². The summed E-state index contributed by atoms with van der Waals surface area (Å²) < 4.78 is 21.2. The molecule has 0 radical (unpaired) electrons. The fraction of sp³-hybridized carbons (Fsp3) is 0.733. The molecule has 3 aromatic rings. The van der Waals surface area contributed by atoms with E-state index in [0.29, 0.717) is 6.61 Å². The molecule has 2 aromatic carbocycles. The van der Waals surface area contributed by atoms with E-state index < -0.39 is 8.24 Å². The van der Waals surface area contributed by atoms with Crippen molar-refractivity contribution >= 4 is 38.1 Å². The Labute approximate surface area is 308 Å². The monoisotopic (exact) mass is 722 g/mol. The first kappa shape index (κ1) is 39.9. The van der Waals surface area contributed by atoms with E-state index in [-0.39, 0.29) is 35.0 Å². The van der Waals surface area contributed by atoms with Gasteiger partial charge in [0.1, 0.15) is 11.2 Å². The molecule has 0 spiro atoms. The molecule has 0 bridgehead atoms. The minimum atomic E-state index is -1.68. The summed E-state index contributed by atoms with van der Waals surface area (Å²) in [6.45, 7) is 33.3. The van der Waals surface area contributed by atoms with E-state index in [1.807, 2.05) is 0 Å². The van der Waals surface area contributed by atoms with E-state index in [1.165, 1.54) is 92.6 Å². The summed E-state index contributed by atoms with van der Waals surface area (Å²) in [7, 11) is -1.71. The lowest BCUT2D eigenvalue weighted by Crippen LogP contribution is -2.30. The van der Waals surface area contributed by atoms with Crippen LogP contribution in [0.4, 0.5) is 0 Å². The molecule has 2 fully saturated rings. The Bertz CT molecular complexity index is 1550. The van der Waals surface area contributed by atoms with Crippen LogP contribution < -0.4 is 4.52 Å². The lowest BCUT2D eigenvalue weighted by atomic mass is 9.77. The molecule has 0 N–H and O–H groups in total. The van der Waals surface area contributed by atoms with Gasteiger partial charge in [-0.25, -0.2) is 0 Å². The van der Waals surface area contributed by atoms with Crippen LogP contribution in [0, 0.1) is 5.41 Å². The SMILES string of the molecule is CC(C)(COp1oc2c(C(C)(C)C)cc(C(C)(C)C)cc2c2cc(C(C)(C)C)cc(C(C)(C)C)c2o1)CP(C1CCCCC1)C1CCCCC1. The first-order chi connectivity index (χ1) is 23.0. The van der Waals surface area contributed by atoms with Gasteiger partial charge in [-0.05, 0) is 93.5 Å². The second-order valence-electron chi connectivity index (χ2n) is 20.9. The van der Waals surface area contributed by atoms with Crippen molar-refractivity contribution in [2.45, 2.75) is 194 Å². The first-order valence-corrected chi connectivity index (χ1v) is 22.7. The minimum Gasteiger partial charge on any atom is -0.399 e. The molecule has 2 saturated carbocycles. The normalized spacial score (nSPS) is 18.1. The Morgan fingerprint density at radius 1 is 0.560 bits per heavy atom. The molecule has 5 rings (SSSR count). The molecular formula is C45H72O3P2. The summed E-state index contributed by atoms with van der Waals surface area (Å²) in [6.07, 6.45) is 15.7. The zero-order valence-electron chi connectivity index (χ0n) is 34.6. The van der Waals surface area contributed by atoms with Crippen LogP contribution in [0.5, 0.6) is 0 Å². The Morgan fingerprint density at radius 2 is 0.940 bits per heavy atom. The van der Waals surface area contributed by atoms with Gasteiger partial charge < -0.3 is 8.39 Å². The number of rotatable bonds is 7. The third kappa shape index (κ3) is 9.44. The highest BCUT2D eigenvalue weighted by molar-refractivity contribution is 7.59. The van der Waals surface area contributed by atoms with Gasteiger partial charge in [-0.15, -0.1) is 0 Å². The van der Waals surface area contributed by atoms with Gasteiger partial charge in [-0.3, -0.25) is 4.52 Å². The van der Waals surface area contributed by atoms with Gasteiger partial charge in [-0.1, -0.05) is 156 Å². The number of fused-ring (bicyclic) bond motifs is 3. The fourth-order valence-electron chi connectivity index (χ4n) is 8.20. The predicted molar refractivity (Wildman–Crippen MR) is 222 cm³/mol. The summed E-state index contributed by atoms with van der Waals surface area (Å²) in [4.78, 5) is 0.